The second kappa shape index (κ2) is 8.47. The van der Waals surface area contributed by atoms with Gasteiger partial charge in [0.15, 0.2) is 11.5 Å². The van der Waals surface area contributed by atoms with Crippen LogP contribution < -0.4 is 15.2 Å². The Bertz CT molecular complexity index is 672. The van der Waals surface area contributed by atoms with E-state index in [9.17, 15) is 4.79 Å². The maximum Gasteiger partial charge on any atom is 0.343 e. The van der Waals surface area contributed by atoms with Gasteiger partial charge in [-0.3, -0.25) is 0 Å². The molecule has 0 radical (unpaired) electrons. The number of carbonyl (C=O) groups excluding carboxylic acids is 1. The molecular formula is C19H24N2O3. The van der Waals surface area contributed by atoms with Gasteiger partial charge < -0.3 is 20.1 Å². The predicted molar refractivity (Wildman–Crippen MR) is 94.5 cm³/mol. The van der Waals surface area contributed by atoms with E-state index >= 15 is 0 Å². The molecule has 0 spiro atoms. The summed E-state index contributed by atoms with van der Waals surface area (Å²) in [7, 11) is 5.57. The lowest BCUT2D eigenvalue weighted by Gasteiger charge is -2.17. The van der Waals surface area contributed by atoms with Crippen LogP contribution in [0.5, 0.6) is 11.5 Å². The first-order chi connectivity index (χ1) is 11.5. The summed E-state index contributed by atoms with van der Waals surface area (Å²) in [4.78, 5) is 14.3. The smallest absolute Gasteiger partial charge is 0.343 e. The molecule has 5 heteroatoms. The van der Waals surface area contributed by atoms with Crippen LogP contribution in [-0.2, 0) is 0 Å². The summed E-state index contributed by atoms with van der Waals surface area (Å²) in [6.45, 7) is 0.897. The normalized spacial score (nSPS) is 12.0. The zero-order chi connectivity index (χ0) is 17.5. The fourth-order valence-electron chi connectivity index (χ4n) is 2.30. The number of hydrogen-bond acceptors (Lipinski definition) is 5. The summed E-state index contributed by atoms with van der Waals surface area (Å²) in [5, 5.41) is 0. The van der Waals surface area contributed by atoms with E-state index in [-0.39, 0.29) is 6.04 Å². The van der Waals surface area contributed by atoms with Crippen LogP contribution in [0.1, 0.15) is 28.4 Å². The first-order valence-corrected chi connectivity index (χ1v) is 7.86. The van der Waals surface area contributed by atoms with Crippen molar-refractivity contribution in [3.8, 4) is 11.5 Å². The molecule has 24 heavy (non-hydrogen) atoms. The third kappa shape index (κ3) is 4.81. The molecule has 2 aromatic rings. The molecule has 0 aliphatic heterocycles. The molecule has 0 fully saturated rings. The summed E-state index contributed by atoms with van der Waals surface area (Å²) in [5.74, 6) is 0.463. The Balaban J connectivity index is 2.13. The molecular weight excluding hydrogens is 304 g/mol. The lowest BCUT2D eigenvalue weighted by molar-refractivity contribution is 0.0729. The van der Waals surface area contributed by atoms with Crippen molar-refractivity contribution in [1.82, 2.24) is 4.90 Å². The van der Waals surface area contributed by atoms with Gasteiger partial charge in [0.25, 0.3) is 0 Å². The predicted octanol–water partition coefficient (Wildman–Crippen LogP) is 2.87. The fraction of sp³-hybridized carbons (Fsp3) is 0.316. The van der Waals surface area contributed by atoms with Crippen molar-refractivity contribution < 1.29 is 14.3 Å². The minimum Gasteiger partial charge on any atom is -0.493 e. The van der Waals surface area contributed by atoms with Gasteiger partial charge in [-0.2, -0.15) is 0 Å². The number of hydrogen-bond donors (Lipinski definition) is 1. The second-order valence-electron chi connectivity index (χ2n) is 5.86. The number of nitrogens with two attached hydrogens (primary N) is 1. The molecule has 2 aromatic carbocycles. The number of rotatable bonds is 7. The topological polar surface area (TPSA) is 64.8 Å². The first-order valence-electron chi connectivity index (χ1n) is 7.86. The molecule has 0 amide bonds. The van der Waals surface area contributed by atoms with Gasteiger partial charge in [-0.15, -0.1) is 0 Å². The Kier molecular flexibility index (Phi) is 6.35. The number of esters is 1. The molecule has 2 N–H and O–H groups in total. The van der Waals surface area contributed by atoms with Crippen LogP contribution in [0.2, 0.25) is 0 Å². The van der Waals surface area contributed by atoms with Crippen LogP contribution in [0, 0.1) is 0 Å². The van der Waals surface area contributed by atoms with Gasteiger partial charge in [-0.05, 0) is 56.9 Å². The Morgan fingerprint density at radius 3 is 2.46 bits per heavy atom. The van der Waals surface area contributed by atoms with Crippen molar-refractivity contribution in [3.05, 3.63) is 59.7 Å². The quantitative estimate of drug-likeness (QED) is 0.625. The van der Waals surface area contributed by atoms with Crippen molar-refractivity contribution >= 4 is 5.97 Å². The van der Waals surface area contributed by atoms with Gasteiger partial charge in [0.1, 0.15) is 0 Å². The Morgan fingerprint density at radius 2 is 1.83 bits per heavy atom. The van der Waals surface area contributed by atoms with E-state index < -0.39 is 5.97 Å². The molecule has 0 aromatic heterocycles. The number of ether oxygens (including phenoxy) is 2. The first kappa shape index (κ1) is 18.0. The van der Waals surface area contributed by atoms with Crippen LogP contribution in [0.15, 0.2) is 48.5 Å². The van der Waals surface area contributed by atoms with Crippen molar-refractivity contribution in [1.29, 1.82) is 0 Å². The van der Waals surface area contributed by atoms with Crippen LogP contribution >= 0.6 is 0 Å². The number of nitrogens with zero attached hydrogens (tertiary/aromatic N) is 1. The maximum absolute atomic E-state index is 12.2. The molecule has 2 rings (SSSR count). The standard InChI is InChI=1S/C19H24N2O3/c1-21(2)12-11-16(20)15-9-10-17(18(13-15)23-3)24-19(22)14-7-5-4-6-8-14/h4-10,13,16H,11-12,20H2,1-3H3. The SMILES string of the molecule is COc1cc(C(N)CCN(C)C)ccc1OC(=O)c1ccccc1. The lowest BCUT2D eigenvalue weighted by atomic mass is 10.0. The largest absolute Gasteiger partial charge is 0.493 e. The Labute approximate surface area is 143 Å². The summed E-state index contributed by atoms with van der Waals surface area (Å²) < 4.78 is 10.8. The summed E-state index contributed by atoms with van der Waals surface area (Å²) >= 11 is 0. The number of methoxy groups -OCH3 is 1. The number of carbonyl (C=O) groups is 1. The molecule has 128 valence electrons. The van der Waals surface area contributed by atoms with E-state index in [0.717, 1.165) is 18.5 Å². The van der Waals surface area contributed by atoms with Gasteiger partial charge in [0, 0.05) is 6.04 Å². The van der Waals surface area contributed by atoms with E-state index in [1.165, 1.54) is 0 Å². The van der Waals surface area contributed by atoms with E-state index in [1.54, 1.807) is 37.4 Å². The average molecular weight is 328 g/mol. The molecule has 1 unspecified atom stereocenters. The van der Waals surface area contributed by atoms with Gasteiger partial charge in [0.2, 0.25) is 0 Å². The minimum atomic E-state index is -0.418. The highest BCUT2D eigenvalue weighted by molar-refractivity contribution is 5.91. The number of benzene rings is 2. The zero-order valence-electron chi connectivity index (χ0n) is 14.4. The van der Waals surface area contributed by atoms with Crippen LogP contribution in [-0.4, -0.2) is 38.6 Å². The molecule has 1 atom stereocenters. The van der Waals surface area contributed by atoms with Crippen molar-refractivity contribution in [3.63, 3.8) is 0 Å². The monoisotopic (exact) mass is 328 g/mol. The highest BCUT2D eigenvalue weighted by atomic mass is 16.6. The van der Waals surface area contributed by atoms with Crippen LogP contribution in [0.25, 0.3) is 0 Å². The molecule has 0 heterocycles. The van der Waals surface area contributed by atoms with E-state index in [4.69, 9.17) is 15.2 Å². The zero-order valence-corrected chi connectivity index (χ0v) is 14.4. The molecule has 5 nitrogen and oxygen atoms in total. The van der Waals surface area contributed by atoms with Gasteiger partial charge in [-0.25, -0.2) is 4.79 Å². The van der Waals surface area contributed by atoms with Gasteiger partial charge >= 0.3 is 5.97 Å². The third-order valence-corrected chi connectivity index (χ3v) is 3.72. The summed E-state index contributed by atoms with van der Waals surface area (Å²) in [5.41, 5.74) is 7.66. The molecule has 0 bridgehead atoms. The molecule has 0 saturated carbocycles. The van der Waals surface area contributed by atoms with E-state index in [0.29, 0.717) is 17.1 Å². The highest BCUT2D eigenvalue weighted by Crippen LogP contribution is 2.31. The summed E-state index contributed by atoms with van der Waals surface area (Å²) in [6.07, 6.45) is 0.833. The van der Waals surface area contributed by atoms with E-state index in [2.05, 4.69) is 4.90 Å². The minimum absolute atomic E-state index is 0.0971. The maximum atomic E-state index is 12.2. The van der Waals surface area contributed by atoms with Crippen LogP contribution in [0.4, 0.5) is 0 Å². The average Bonchev–Trinajstić information content (AvgIpc) is 2.60. The van der Waals surface area contributed by atoms with Gasteiger partial charge in [0.05, 0.1) is 12.7 Å². The Morgan fingerprint density at radius 1 is 1.12 bits per heavy atom. The lowest BCUT2D eigenvalue weighted by Crippen LogP contribution is -2.20. The fourth-order valence-corrected chi connectivity index (χ4v) is 2.30. The summed E-state index contributed by atoms with van der Waals surface area (Å²) in [6, 6.07) is 14.2. The second-order valence-corrected chi connectivity index (χ2v) is 5.86. The van der Waals surface area contributed by atoms with Crippen molar-refractivity contribution in [2.75, 3.05) is 27.7 Å². The van der Waals surface area contributed by atoms with Gasteiger partial charge in [-0.1, -0.05) is 24.3 Å². The van der Waals surface area contributed by atoms with Crippen molar-refractivity contribution in [2.24, 2.45) is 5.73 Å². The molecule has 0 aliphatic carbocycles. The molecule has 0 saturated heterocycles. The third-order valence-electron chi connectivity index (χ3n) is 3.72. The highest BCUT2D eigenvalue weighted by Gasteiger charge is 2.15. The Hall–Kier alpha value is -2.37. The van der Waals surface area contributed by atoms with Crippen molar-refractivity contribution in [2.45, 2.75) is 12.5 Å². The molecule has 0 aliphatic rings. The van der Waals surface area contributed by atoms with E-state index in [1.807, 2.05) is 32.3 Å². The van der Waals surface area contributed by atoms with Crippen LogP contribution in [0.3, 0.4) is 0 Å².